The Morgan fingerprint density at radius 1 is 1.47 bits per heavy atom. The van der Waals surface area contributed by atoms with E-state index in [1.54, 1.807) is 0 Å². The molecule has 7 heteroatoms. The van der Waals surface area contributed by atoms with E-state index in [0.717, 1.165) is 0 Å². The molecule has 0 N–H and O–H groups in total. The van der Waals surface area contributed by atoms with Gasteiger partial charge in [0, 0.05) is 11.8 Å². The lowest BCUT2D eigenvalue weighted by atomic mass is 10.2. The molecule has 19 heavy (non-hydrogen) atoms. The third kappa shape index (κ3) is 1.94. The molecule has 0 spiro atoms. The number of nitrogens with zero attached hydrogens (tertiary/aromatic N) is 2. The van der Waals surface area contributed by atoms with Gasteiger partial charge in [0.25, 0.3) is 5.52 Å². The SMILES string of the molecule is COc1cc2c(cc1Cl)n([O-])c(C)c(C(C)=O)[n+]2=O. The summed E-state index contributed by atoms with van der Waals surface area (Å²) < 4.78 is 5.95. The number of carbonyl (C=O) groups excluding carboxylic acids is 1. The van der Waals surface area contributed by atoms with E-state index in [0.29, 0.717) is 9.16 Å². The molecule has 1 heterocycles. The molecular formula is C12H11ClN2O4. The second kappa shape index (κ2) is 4.55. The van der Waals surface area contributed by atoms with E-state index >= 15 is 0 Å². The number of Topliss-reactive ketones (excluding diaryl/α,β-unsaturated/α-hetero) is 1. The van der Waals surface area contributed by atoms with Crippen LogP contribution in [-0.4, -0.2) is 17.6 Å². The average Bonchev–Trinajstić information content (AvgIpc) is 2.35. The molecule has 0 fully saturated rings. The van der Waals surface area contributed by atoms with E-state index in [1.165, 1.54) is 33.1 Å². The lowest BCUT2D eigenvalue weighted by Crippen LogP contribution is -2.29. The highest BCUT2D eigenvalue weighted by molar-refractivity contribution is 6.32. The number of ketones is 1. The van der Waals surface area contributed by atoms with Crippen LogP contribution in [0.5, 0.6) is 5.75 Å². The number of fused-ring (bicyclic) bond motifs is 1. The molecule has 0 unspecified atom stereocenters. The van der Waals surface area contributed by atoms with Gasteiger partial charge in [0.1, 0.15) is 11.3 Å². The Hall–Kier alpha value is -2.08. The number of halogens is 1. The highest BCUT2D eigenvalue weighted by Gasteiger charge is 2.25. The molecule has 0 amide bonds. The lowest BCUT2D eigenvalue weighted by molar-refractivity contribution is -0.468. The highest BCUT2D eigenvalue weighted by Crippen LogP contribution is 2.28. The molecule has 2 rings (SSSR count). The van der Waals surface area contributed by atoms with Crippen molar-refractivity contribution < 1.29 is 14.0 Å². The summed E-state index contributed by atoms with van der Waals surface area (Å²) in [6, 6.07) is 2.68. The number of aromatic nitrogens is 2. The van der Waals surface area contributed by atoms with Crippen molar-refractivity contribution in [2.45, 2.75) is 13.8 Å². The van der Waals surface area contributed by atoms with Gasteiger partial charge < -0.3 is 14.7 Å². The first-order valence-corrected chi connectivity index (χ1v) is 5.80. The van der Waals surface area contributed by atoms with Crippen LogP contribution in [0.15, 0.2) is 12.1 Å². The number of carbonyl (C=O) groups is 1. The minimum absolute atomic E-state index is 0.0343. The molecular weight excluding hydrogens is 272 g/mol. The molecule has 0 radical (unpaired) electrons. The number of benzene rings is 1. The number of methoxy groups -OCH3 is 1. The van der Waals surface area contributed by atoms with Crippen LogP contribution in [0.3, 0.4) is 0 Å². The van der Waals surface area contributed by atoms with Crippen molar-refractivity contribution in [3.63, 3.8) is 0 Å². The first-order chi connectivity index (χ1) is 8.88. The Balaban J connectivity index is 3.03. The number of rotatable bonds is 2. The Bertz CT molecular complexity index is 752. The third-order valence-corrected chi connectivity index (χ3v) is 3.17. The van der Waals surface area contributed by atoms with Gasteiger partial charge in [-0.25, -0.2) is 0 Å². The van der Waals surface area contributed by atoms with Crippen molar-refractivity contribution in [2.75, 3.05) is 7.11 Å². The third-order valence-electron chi connectivity index (χ3n) is 2.87. The fraction of sp³-hybridized carbons (Fsp3) is 0.250. The zero-order valence-corrected chi connectivity index (χ0v) is 11.3. The monoisotopic (exact) mass is 282 g/mol. The summed E-state index contributed by atoms with van der Waals surface area (Å²) >= 11 is 5.93. The summed E-state index contributed by atoms with van der Waals surface area (Å²) in [6.45, 7) is 2.64. The molecule has 1 aromatic carbocycles. The number of hydrogen-bond acceptors (Lipinski definition) is 4. The van der Waals surface area contributed by atoms with Gasteiger partial charge in [0.05, 0.1) is 28.3 Å². The van der Waals surface area contributed by atoms with E-state index in [2.05, 4.69) is 0 Å². The van der Waals surface area contributed by atoms with E-state index in [1.807, 2.05) is 0 Å². The second-order valence-corrected chi connectivity index (χ2v) is 4.46. The Labute approximate surface area is 113 Å². The molecule has 100 valence electrons. The zero-order valence-electron chi connectivity index (χ0n) is 10.6. The fourth-order valence-electron chi connectivity index (χ4n) is 1.96. The predicted octanol–water partition coefficient (Wildman–Crippen LogP) is 2.07. The van der Waals surface area contributed by atoms with Crippen LogP contribution in [-0.2, 0) is 0 Å². The number of hydrogen-bond donors (Lipinski definition) is 0. The maximum atomic E-state index is 12.2. The molecule has 0 saturated heterocycles. The first kappa shape index (κ1) is 13.4. The van der Waals surface area contributed by atoms with Crippen LogP contribution in [0.2, 0.25) is 5.02 Å². The van der Waals surface area contributed by atoms with Crippen molar-refractivity contribution in [3.8, 4) is 5.75 Å². The van der Waals surface area contributed by atoms with E-state index in [9.17, 15) is 14.9 Å². The number of ether oxygens (including phenoxy) is 1. The molecule has 0 aliphatic rings. The summed E-state index contributed by atoms with van der Waals surface area (Å²) in [5.74, 6) is -0.218. The Kier molecular flexibility index (Phi) is 3.20. The summed E-state index contributed by atoms with van der Waals surface area (Å²) in [5, 5.41) is 12.3. The summed E-state index contributed by atoms with van der Waals surface area (Å²) in [4.78, 5) is 23.6. The molecule has 6 nitrogen and oxygen atoms in total. The van der Waals surface area contributed by atoms with Gasteiger partial charge in [0.2, 0.25) is 5.78 Å². The van der Waals surface area contributed by atoms with Crippen LogP contribution in [0.1, 0.15) is 23.1 Å². The first-order valence-electron chi connectivity index (χ1n) is 5.42. The smallest absolute Gasteiger partial charge is 0.324 e. The minimum atomic E-state index is -0.479. The van der Waals surface area contributed by atoms with Crippen molar-refractivity contribution in [1.82, 2.24) is 4.73 Å². The Morgan fingerprint density at radius 3 is 2.63 bits per heavy atom. The molecule has 2 aromatic rings. The molecule has 0 bridgehead atoms. The minimum Gasteiger partial charge on any atom is -0.805 e. The van der Waals surface area contributed by atoms with Gasteiger partial charge in [0.15, 0.2) is 0 Å². The van der Waals surface area contributed by atoms with Gasteiger partial charge in [-0.15, -0.1) is 0 Å². The molecule has 0 aliphatic heterocycles. The van der Waals surface area contributed by atoms with E-state index in [4.69, 9.17) is 16.3 Å². The largest absolute Gasteiger partial charge is 0.805 e. The van der Waals surface area contributed by atoms with Crippen molar-refractivity contribution in [1.29, 1.82) is 0 Å². The van der Waals surface area contributed by atoms with Gasteiger partial charge in [-0.3, -0.25) is 4.79 Å². The summed E-state index contributed by atoms with van der Waals surface area (Å²) in [5.41, 5.74) is -0.0292. The molecule has 0 atom stereocenters. The predicted molar refractivity (Wildman–Crippen MR) is 70.4 cm³/mol. The highest BCUT2D eigenvalue weighted by atomic mass is 35.5. The fourth-order valence-corrected chi connectivity index (χ4v) is 2.19. The average molecular weight is 283 g/mol. The van der Waals surface area contributed by atoms with Crippen molar-refractivity contribution in [3.05, 3.63) is 38.7 Å². The van der Waals surface area contributed by atoms with Crippen LogP contribution < -0.4 is 9.16 Å². The van der Waals surface area contributed by atoms with Gasteiger partial charge in [-0.2, -0.15) is 0 Å². The van der Waals surface area contributed by atoms with Crippen LogP contribution >= 0.6 is 11.6 Å². The molecule has 0 aliphatic carbocycles. The van der Waals surface area contributed by atoms with Crippen LogP contribution in [0.25, 0.3) is 11.0 Å². The maximum Gasteiger partial charge on any atom is 0.324 e. The van der Waals surface area contributed by atoms with Crippen molar-refractivity contribution >= 4 is 28.4 Å². The Morgan fingerprint density at radius 2 is 2.11 bits per heavy atom. The van der Waals surface area contributed by atoms with Gasteiger partial charge in [-0.05, 0) is 13.0 Å². The van der Waals surface area contributed by atoms with Crippen LogP contribution in [0.4, 0.5) is 0 Å². The normalized spacial score (nSPS) is 10.7. The summed E-state index contributed by atoms with van der Waals surface area (Å²) in [6.07, 6.45) is 0. The maximum absolute atomic E-state index is 12.2. The van der Waals surface area contributed by atoms with Gasteiger partial charge >= 0.3 is 5.69 Å². The summed E-state index contributed by atoms with van der Waals surface area (Å²) in [7, 11) is 1.40. The standard InChI is InChI=1S/C12H11ClN2O4/c1-6-12(7(2)16)15(18)10-5-11(19-3)8(13)4-9(10)14(6)17/h4-5H,1-3H3. The zero-order chi connectivity index (χ0) is 14.3. The topological polar surface area (TPSA) is 77.3 Å². The van der Waals surface area contributed by atoms with Gasteiger partial charge in [-0.1, -0.05) is 11.6 Å². The second-order valence-electron chi connectivity index (χ2n) is 4.05. The molecule has 1 aromatic heterocycles. The van der Waals surface area contributed by atoms with Crippen LogP contribution in [0, 0.1) is 17.0 Å². The van der Waals surface area contributed by atoms with E-state index < -0.39 is 5.78 Å². The van der Waals surface area contributed by atoms with E-state index in [-0.39, 0.29) is 33.2 Å². The van der Waals surface area contributed by atoms with Crippen molar-refractivity contribution in [2.24, 2.45) is 0 Å². The quantitative estimate of drug-likeness (QED) is 0.624. The molecule has 0 saturated carbocycles. The lowest BCUT2D eigenvalue weighted by Gasteiger charge is -2.16.